The van der Waals surface area contributed by atoms with Crippen molar-refractivity contribution >= 4 is 46.5 Å². The summed E-state index contributed by atoms with van der Waals surface area (Å²) in [6, 6.07) is 2.68. The molecule has 0 saturated heterocycles. The van der Waals surface area contributed by atoms with E-state index in [1.807, 2.05) is 0 Å². The summed E-state index contributed by atoms with van der Waals surface area (Å²) in [5, 5.41) is 0.277. The van der Waals surface area contributed by atoms with E-state index in [-0.39, 0.29) is 26.5 Å². The molecule has 0 aliphatic carbocycles. The number of aromatic nitrogens is 2. The van der Waals surface area contributed by atoms with Gasteiger partial charge in [0.2, 0.25) is 0 Å². The first kappa shape index (κ1) is 17.8. The van der Waals surface area contributed by atoms with Crippen LogP contribution in [0.2, 0.25) is 10.0 Å². The molecule has 0 amide bonds. The summed E-state index contributed by atoms with van der Waals surface area (Å²) >= 11 is 12.5. The van der Waals surface area contributed by atoms with Gasteiger partial charge in [-0.3, -0.25) is 4.98 Å². The molecule has 1 aromatic carbocycles. The van der Waals surface area contributed by atoms with Crippen LogP contribution in [0.15, 0.2) is 40.6 Å². The summed E-state index contributed by atoms with van der Waals surface area (Å²) in [4.78, 5) is 12.1. The van der Waals surface area contributed by atoms with Crippen LogP contribution < -0.4 is 5.73 Å². The van der Waals surface area contributed by atoms with Crippen molar-refractivity contribution in [3.63, 3.8) is 0 Å². The number of alkyl halides is 3. The molecule has 0 fully saturated rings. The van der Waals surface area contributed by atoms with Crippen molar-refractivity contribution in [2.45, 2.75) is 11.1 Å². The van der Waals surface area contributed by atoms with E-state index in [2.05, 4.69) is 15.0 Å². The van der Waals surface area contributed by atoms with Gasteiger partial charge in [-0.2, -0.15) is 13.2 Å². The quantitative estimate of drug-likeness (QED) is 0.482. The van der Waals surface area contributed by atoms with E-state index in [0.29, 0.717) is 17.5 Å². The standard InChI is InChI=1S/C13H9Cl2F3N4S/c14-7-3-8(15)11(23-6-13(16,17)18)4-9(7)22-12(19)10-5-20-1-2-21-10/h1-5H,6H2,(H2,19,22). The van der Waals surface area contributed by atoms with E-state index in [9.17, 15) is 13.2 Å². The molecule has 4 nitrogen and oxygen atoms in total. The molecule has 0 bridgehead atoms. The third-order valence-electron chi connectivity index (χ3n) is 2.46. The number of amidine groups is 1. The molecule has 0 saturated carbocycles. The fourth-order valence-electron chi connectivity index (χ4n) is 1.49. The Hall–Kier alpha value is -1.51. The Morgan fingerprint density at radius 3 is 2.57 bits per heavy atom. The van der Waals surface area contributed by atoms with E-state index >= 15 is 0 Å². The Balaban J connectivity index is 2.32. The monoisotopic (exact) mass is 380 g/mol. The summed E-state index contributed by atoms with van der Waals surface area (Å²) in [7, 11) is 0. The number of halogens is 5. The van der Waals surface area contributed by atoms with Crippen molar-refractivity contribution in [2.75, 3.05) is 5.75 Å². The summed E-state index contributed by atoms with van der Waals surface area (Å²) in [5.74, 6) is -1.04. The number of thioether (sulfide) groups is 1. The summed E-state index contributed by atoms with van der Waals surface area (Å²) in [6.07, 6.45) is 0.00140. The van der Waals surface area contributed by atoms with E-state index in [4.69, 9.17) is 28.9 Å². The number of nitrogens with two attached hydrogens (primary N) is 1. The van der Waals surface area contributed by atoms with Crippen molar-refractivity contribution in [3.05, 3.63) is 46.5 Å². The van der Waals surface area contributed by atoms with Gasteiger partial charge in [0.1, 0.15) is 5.69 Å². The first-order valence-electron chi connectivity index (χ1n) is 6.05. The molecule has 0 unspecified atom stereocenters. The fraction of sp³-hybridized carbons (Fsp3) is 0.154. The Morgan fingerprint density at radius 2 is 1.96 bits per heavy atom. The first-order valence-corrected chi connectivity index (χ1v) is 7.79. The van der Waals surface area contributed by atoms with Crippen molar-refractivity contribution in [1.29, 1.82) is 0 Å². The number of benzene rings is 1. The third-order valence-corrected chi connectivity index (χ3v) is 4.31. The second-order valence-corrected chi connectivity index (χ2v) is 6.06. The Morgan fingerprint density at radius 1 is 1.22 bits per heavy atom. The van der Waals surface area contributed by atoms with E-state index in [1.165, 1.54) is 30.7 Å². The highest BCUT2D eigenvalue weighted by Gasteiger charge is 2.27. The molecule has 2 aromatic rings. The van der Waals surface area contributed by atoms with Crippen molar-refractivity contribution < 1.29 is 13.2 Å². The predicted octanol–water partition coefficient (Wildman–Crippen LogP) is 4.47. The zero-order valence-electron chi connectivity index (χ0n) is 11.3. The SMILES string of the molecule is N/C(=N\c1cc(SCC(F)(F)F)c(Cl)cc1Cl)c1cnccn1. The lowest BCUT2D eigenvalue weighted by molar-refractivity contribution is -0.105. The number of hydrogen-bond acceptors (Lipinski definition) is 4. The van der Waals surface area contributed by atoms with Crippen molar-refractivity contribution in [2.24, 2.45) is 10.7 Å². The zero-order chi connectivity index (χ0) is 17.0. The van der Waals surface area contributed by atoms with Crippen molar-refractivity contribution in [3.8, 4) is 0 Å². The van der Waals surface area contributed by atoms with Crippen LogP contribution in [0.1, 0.15) is 5.69 Å². The van der Waals surface area contributed by atoms with Crippen molar-refractivity contribution in [1.82, 2.24) is 9.97 Å². The molecule has 1 heterocycles. The van der Waals surface area contributed by atoms with Crippen LogP contribution in [-0.4, -0.2) is 27.7 Å². The molecular formula is C13H9Cl2F3N4S. The molecule has 122 valence electrons. The third kappa shape index (κ3) is 5.26. The second kappa shape index (κ2) is 7.37. The van der Waals surface area contributed by atoms with Gasteiger partial charge in [0, 0.05) is 17.3 Å². The number of nitrogens with zero attached hydrogens (tertiary/aromatic N) is 3. The van der Waals surface area contributed by atoms with Gasteiger partial charge >= 0.3 is 6.18 Å². The van der Waals surface area contributed by atoms with Crippen LogP contribution in [0.5, 0.6) is 0 Å². The van der Waals surface area contributed by atoms with Crippen LogP contribution in [0.4, 0.5) is 18.9 Å². The average molecular weight is 381 g/mol. The second-order valence-electron chi connectivity index (χ2n) is 4.23. The normalized spacial score (nSPS) is 12.5. The molecule has 0 aliphatic rings. The van der Waals surface area contributed by atoms with Gasteiger partial charge in [0.15, 0.2) is 5.84 Å². The van der Waals surface area contributed by atoms with Gasteiger partial charge in [0.05, 0.1) is 27.7 Å². The van der Waals surface area contributed by atoms with E-state index < -0.39 is 11.9 Å². The minimum absolute atomic E-state index is 0.0362. The van der Waals surface area contributed by atoms with Crippen LogP contribution in [-0.2, 0) is 0 Å². The average Bonchev–Trinajstić information content (AvgIpc) is 2.48. The molecule has 0 radical (unpaired) electrons. The van der Waals surface area contributed by atoms with Crippen LogP contribution >= 0.6 is 35.0 Å². The predicted molar refractivity (Wildman–Crippen MR) is 85.7 cm³/mol. The zero-order valence-corrected chi connectivity index (χ0v) is 13.6. The lowest BCUT2D eigenvalue weighted by Gasteiger charge is -2.09. The maximum atomic E-state index is 12.3. The number of hydrogen-bond donors (Lipinski definition) is 1. The highest BCUT2D eigenvalue weighted by atomic mass is 35.5. The number of aliphatic imine (C=N–C) groups is 1. The molecule has 2 rings (SSSR count). The maximum Gasteiger partial charge on any atom is 0.398 e. The summed E-state index contributed by atoms with van der Waals surface area (Å²) in [6.45, 7) is 0. The van der Waals surface area contributed by atoms with Gasteiger partial charge in [-0.05, 0) is 12.1 Å². The topological polar surface area (TPSA) is 64.2 Å². The molecule has 0 aliphatic heterocycles. The molecule has 0 atom stereocenters. The number of rotatable bonds is 4. The lowest BCUT2D eigenvalue weighted by Crippen LogP contribution is -2.14. The molecule has 10 heteroatoms. The highest BCUT2D eigenvalue weighted by Crippen LogP contribution is 2.38. The van der Waals surface area contributed by atoms with Gasteiger partial charge in [-0.25, -0.2) is 9.98 Å². The largest absolute Gasteiger partial charge is 0.398 e. The molecule has 0 spiro atoms. The fourth-order valence-corrected chi connectivity index (χ4v) is 2.79. The summed E-state index contributed by atoms with van der Waals surface area (Å²) < 4.78 is 37.0. The molecular weight excluding hydrogens is 372 g/mol. The Kier molecular flexibility index (Phi) is 5.72. The van der Waals surface area contributed by atoms with Gasteiger partial charge in [-0.15, -0.1) is 11.8 Å². The molecule has 2 N–H and O–H groups in total. The van der Waals surface area contributed by atoms with E-state index in [1.54, 1.807) is 0 Å². The van der Waals surface area contributed by atoms with Crippen LogP contribution in [0.3, 0.4) is 0 Å². The maximum absolute atomic E-state index is 12.3. The van der Waals surface area contributed by atoms with Crippen LogP contribution in [0, 0.1) is 0 Å². The van der Waals surface area contributed by atoms with E-state index in [0.717, 1.165) is 0 Å². The summed E-state index contributed by atoms with van der Waals surface area (Å²) in [5.41, 5.74) is 6.32. The molecule has 1 aromatic heterocycles. The smallest absolute Gasteiger partial charge is 0.382 e. The minimum atomic E-state index is -4.31. The van der Waals surface area contributed by atoms with Gasteiger partial charge < -0.3 is 5.73 Å². The lowest BCUT2D eigenvalue weighted by atomic mass is 10.3. The highest BCUT2D eigenvalue weighted by molar-refractivity contribution is 7.99. The Labute approximate surface area is 143 Å². The van der Waals surface area contributed by atoms with Crippen LogP contribution in [0.25, 0.3) is 0 Å². The molecule has 23 heavy (non-hydrogen) atoms. The van der Waals surface area contributed by atoms with Gasteiger partial charge in [-0.1, -0.05) is 23.2 Å². The minimum Gasteiger partial charge on any atom is -0.382 e. The first-order chi connectivity index (χ1) is 10.8. The Bertz CT molecular complexity index is 723. The van der Waals surface area contributed by atoms with Gasteiger partial charge in [0.25, 0.3) is 0 Å².